The lowest BCUT2D eigenvalue weighted by atomic mass is 10.2. The van der Waals surface area contributed by atoms with Crippen molar-refractivity contribution in [1.82, 2.24) is 10.2 Å². The molecule has 2 aromatic rings. The number of hydrogen-bond acceptors (Lipinski definition) is 3. The van der Waals surface area contributed by atoms with E-state index in [1.54, 1.807) is 0 Å². The number of amides is 1. The Morgan fingerprint density at radius 3 is 2.44 bits per heavy atom. The van der Waals surface area contributed by atoms with Crippen LogP contribution < -0.4 is 10.2 Å². The lowest BCUT2D eigenvalue weighted by molar-refractivity contribution is 0.0944. The molecule has 0 unspecified atom stereocenters. The molecule has 1 aliphatic rings. The molecule has 0 aliphatic carbocycles. The highest BCUT2D eigenvalue weighted by atomic mass is 35.5. The summed E-state index contributed by atoms with van der Waals surface area (Å²) >= 11 is 5.91. The van der Waals surface area contributed by atoms with Gasteiger partial charge in [0.05, 0.1) is 10.6 Å². The van der Waals surface area contributed by atoms with Gasteiger partial charge in [-0.05, 0) is 24.3 Å². The van der Waals surface area contributed by atoms with Crippen LogP contribution in [0.15, 0.2) is 48.5 Å². The monoisotopic (exact) mass is 361 g/mol. The molecule has 132 valence electrons. The molecule has 1 aliphatic heterocycles. The number of nitrogens with one attached hydrogen (secondary N) is 1. The Balaban J connectivity index is 1.44. The van der Waals surface area contributed by atoms with E-state index in [2.05, 4.69) is 27.2 Å². The molecule has 1 fully saturated rings. The van der Waals surface area contributed by atoms with Crippen molar-refractivity contribution in [2.24, 2.45) is 0 Å². The molecule has 0 aromatic heterocycles. The van der Waals surface area contributed by atoms with Crippen LogP contribution in [-0.4, -0.2) is 50.1 Å². The quantitative estimate of drug-likeness (QED) is 0.889. The molecule has 0 atom stereocenters. The van der Waals surface area contributed by atoms with Crippen LogP contribution in [0, 0.1) is 5.82 Å². The molecule has 0 radical (unpaired) electrons. The van der Waals surface area contributed by atoms with E-state index in [1.807, 2.05) is 18.2 Å². The smallest absolute Gasteiger partial charge is 0.255 e. The van der Waals surface area contributed by atoms with Gasteiger partial charge in [-0.15, -0.1) is 0 Å². The Morgan fingerprint density at radius 2 is 1.76 bits per heavy atom. The van der Waals surface area contributed by atoms with E-state index < -0.39 is 11.7 Å². The van der Waals surface area contributed by atoms with E-state index >= 15 is 0 Å². The predicted octanol–water partition coefficient (Wildman–Crippen LogP) is 3.03. The van der Waals surface area contributed by atoms with Gasteiger partial charge in [-0.25, -0.2) is 4.39 Å². The summed E-state index contributed by atoms with van der Waals surface area (Å²) < 4.78 is 13.7. The van der Waals surface area contributed by atoms with Crippen LogP contribution in [0.1, 0.15) is 10.4 Å². The van der Waals surface area contributed by atoms with E-state index in [0.29, 0.717) is 6.54 Å². The van der Waals surface area contributed by atoms with Crippen LogP contribution in [0.5, 0.6) is 0 Å². The predicted molar refractivity (Wildman–Crippen MR) is 98.8 cm³/mol. The maximum absolute atomic E-state index is 13.7. The highest BCUT2D eigenvalue weighted by Crippen LogP contribution is 2.18. The van der Waals surface area contributed by atoms with Crippen molar-refractivity contribution in [2.45, 2.75) is 0 Å². The fourth-order valence-electron chi connectivity index (χ4n) is 3.00. The van der Waals surface area contributed by atoms with Crippen molar-refractivity contribution in [1.29, 1.82) is 0 Å². The third-order valence-electron chi connectivity index (χ3n) is 4.40. The first-order valence-corrected chi connectivity index (χ1v) is 8.77. The standard InChI is InChI=1S/C19H21ClFN3O/c20-16-7-4-8-17(21)18(16)19(25)22-9-10-23-11-13-24(14-12-23)15-5-2-1-3-6-15/h1-8H,9-14H2,(H,22,25). The van der Waals surface area contributed by atoms with Gasteiger partial charge >= 0.3 is 0 Å². The van der Waals surface area contributed by atoms with Crippen molar-refractivity contribution in [3.8, 4) is 0 Å². The summed E-state index contributed by atoms with van der Waals surface area (Å²) in [4.78, 5) is 16.8. The van der Waals surface area contributed by atoms with Gasteiger partial charge < -0.3 is 10.2 Å². The molecule has 0 saturated carbocycles. The second kappa shape index (κ2) is 8.32. The van der Waals surface area contributed by atoms with Crippen LogP contribution in [0.4, 0.5) is 10.1 Å². The van der Waals surface area contributed by atoms with Gasteiger partial charge in [0.2, 0.25) is 0 Å². The minimum atomic E-state index is -0.596. The third-order valence-corrected chi connectivity index (χ3v) is 4.71. The van der Waals surface area contributed by atoms with Crippen molar-refractivity contribution >= 4 is 23.2 Å². The zero-order valence-electron chi connectivity index (χ0n) is 13.9. The van der Waals surface area contributed by atoms with Crippen LogP contribution in [0.2, 0.25) is 5.02 Å². The van der Waals surface area contributed by atoms with E-state index in [0.717, 1.165) is 32.7 Å². The summed E-state index contributed by atoms with van der Waals surface area (Å²) in [7, 11) is 0. The molecular formula is C19H21ClFN3O. The summed E-state index contributed by atoms with van der Waals surface area (Å²) in [6, 6.07) is 14.6. The average Bonchev–Trinajstić information content (AvgIpc) is 2.63. The summed E-state index contributed by atoms with van der Waals surface area (Å²) in [5.41, 5.74) is 1.16. The number of benzene rings is 2. The number of rotatable bonds is 5. The van der Waals surface area contributed by atoms with Crippen molar-refractivity contribution < 1.29 is 9.18 Å². The molecule has 2 aromatic carbocycles. The SMILES string of the molecule is O=C(NCCN1CCN(c2ccccc2)CC1)c1c(F)cccc1Cl. The number of carbonyl (C=O) groups is 1. The first kappa shape index (κ1) is 17.7. The Bertz CT molecular complexity index is 698. The Hall–Kier alpha value is -2.11. The number of para-hydroxylation sites is 1. The van der Waals surface area contributed by atoms with Gasteiger partial charge in [0.1, 0.15) is 5.82 Å². The maximum Gasteiger partial charge on any atom is 0.255 e. The lowest BCUT2D eigenvalue weighted by Crippen LogP contribution is -2.48. The summed E-state index contributed by atoms with van der Waals surface area (Å²) in [5, 5.41) is 2.89. The fraction of sp³-hybridized carbons (Fsp3) is 0.316. The molecule has 0 bridgehead atoms. The van der Waals surface area contributed by atoms with E-state index in [9.17, 15) is 9.18 Å². The van der Waals surface area contributed by atoms with Crippen molar-refractivity contribution in [3.63, 3.8) is 0 Å². The number of halogens is 2. The molecule has 1 N–H and O–H groups in total. The summed E-state index contributed by atoms with van der Waals surface area (Å²) in [5.74, 6) is -1.06. The minimum Gasteiger partial charge on any atom is -0.369 e. The second-order valence-electron chi connectivity index (χ2n) is 6.02. The third kappa shape index (κ3) is 4.50. The molecule has 6 heteroatoms. The van der Waals surface area contributed by atoms with Gasteiger partial charge in [-0.2, -0.15) is 0 Å². The van der Waals surface area contributed by atoms with Gasteiger partial charge in [0.25, 0.3) is 5.91 Å². The fourth-order valence-corrected chi connectivity index (χ4v) is 3.25. The second-order valence-corrected chi connectivity index (χ2v) is 6.42. The van der Waals surface area contributed by atoms with Gasteiger partial charge in [0, 0.05) is 45.0 Å². The highest BCUT2D eigenvalue weighted by Gasteiger charge is 2.18. The molecule has 25 heavy (non-hydrogen) atoms. The number of piperazine rings is 1. The molecule has 1 heterocycles. The topological polar surface area (TPSA) is 35.6 Å². The Kier molecular flexibility index (Phi) is 5.89. The molecule has 4 nitrogen and oxygen atoms in total. The molecule has 0 spiro atoms. The Morgan fingerprint density at radius 1 is 1.04 bits per heavy atom. The summed E-state index contributed by atoms with van der Waals surface area (Å²) in [6.07, 6.45) is 0. The zero-order valence-corrected chi connectivity index (χ0v) is 14.7. The number of anilines is 1. The van der Waals surface area contributed by atoms with Crippen LogP contribution in [-0.2, 0) is 0 Å². The number of hydrogen-bond donors (Lipinski definition) is 1. The lowest BCUT2D eigenvalue weighted by Gasteiger charge is -2.36. The average molecular weight is 362 g/mol. The minimum absolute atomic E-state index is 0.0851. The van der Waals surface area contributed by atoms with E-state index in [-0.39, 0.29) is 10.6 Å². The number of carbonyl (C=O) groups excluding carboxylic acids is 1. The molecule has 1 saturated heterocycles. The first-order valence-electron chi connectivity index (χ1n) is 8.40. The maximum atomic E-state index is 13.7. The first-order chi connectivity index (χ1) is 12.1. The number of nitrogens with zero attached hydrogens (tertiary/aromatic N) is 2. The highest BCUT2D eigenvalue weighted by molar-refractivity contribution is 6.33. The van der Waals surface area contributed by atoms with Crippen molar-refractivity contribution in [2.75, 3.05) is 44.2 Å². The normalized spacial score (nSPS) is 15.2. The Labute approximate surface area is 152 Å². The van der Waals surface area contributed by atoms with Gasteiger partial charge in [-0.3, -0.25) is 9.69 Å². The van der Waals surface area contributed by atoms with Crippen LogP contribution in [0.3, 0.4) is 0 Å². The van der Waals surface area contributed by atoms with Crippen LogP contribution in [0.25, 0.3) is 0 Å². The molecule has 3 rings (SSSR count). The largest absolute Gasteiger partial charge is 0.369 e. The van der Waals surface area contributed by atoms with Crippen molar-refractivity contribution in [3.05, 3.63) is 64.9 Å². The van der Waals surface area contributed by atoms with Crippen LogP contribution >= 0.6 is 11.6 Å². The zero-order chi connectivity index (χ0) is 17.6. The van der Waals surface area contributed by atoms with E-state index in [1.165, 1.54) is 23.9 Å². The summed E-state index contributed by atoms with van der Waals surface area (Å²) in [6.45, 7) is 4.99. The van der Waals surface area contributed by atoms with Gasteiger partial charge in [0.15, 0.2) is 0 Å². The van der Waals surface area contributed by atoms with Gasteiger partial charge in [-0.1, -0.05) is 35.9 Å². The van der Waals surface area contributed by atoms with E-state index in [4.69, 9.17) is 11.6 Å². The molecule has 1 amide bonds. The molecular weight excluding hydrogens is 341 g/mol.